The van der Waals surface area contributed by atoms with Crippen molar-refractivity contribution in [2.45, 2.75) is 18.2 Å². The van der Waals surface area contributed by atoms with Crippen molar-refractivity contribution in [3.63, 3.8) is 0 Å². The Morgan fingerprint density at radius 2 is 1.80 bits per heavy atom. The molecule has 0 saturated heterocycles. The third-order valence-corrected chi connectivity index (χ3v) is 5.01. The predicted molar refractivity (Wildman–Crippen MR) is 91.0 cm³/mol. The Kier molecular flexibility index (Phi) is 4.45. The molecule has 0 aliphatic carbocycles. The fraction of sp³-hybridized carbons (Fsp3) is 0.176. The third kappa shape index (κ3) is 3.80. The minimum Gasteiger partial charge on any atom is -0.493 e. The monoisotopic (exact) mass is 360 g/mol. The van der Waals surface area contributed by atoms with E-state index in [2.05, 4.69) is 5.32 Å². The van der Waals surface area contributed by atoms with E-state index in [1.54, 1.807) is 12.1 Å². The maximum atomic E-state index is 12.3. The second kappa shape index (κ2) is 6.56. The topological polar surface area (TPSA) is 102 Å². The van der Waals surface area contributed by atoms with Gasteiger partial charge in [-0.25, -0.2) is 13.1 Å². The van der Waals surface area contributed by atoms with E-state index in [9.17, 15) is 18.0 Å². The van der Waals surface area contributed by atoms with Crippen LogP contribution in [0.15, 0.2) is 47.4 Å². The zero-order valence-electron chi connectivity index (χ0n) is 13.4. The molecule has 2 aromatic carbocycles. The summed E-state index contributed by atoms with van der Waals surface area (Å²) in [4.78, 5) is 23.2. The Morgan fingerprint density at radius 3 is 2.48 bits per heavy atom. The van der Waals surface area contributed by atoms with Gasteiger partial charge in [0.15, 0.2) is 0 Å². The van der Waals surface area contributed by atoms with E-state index in [0.29, 0.717) is 24.5 Å². The van der Waals surface area contributed by atoms with Gasteiger partial charge < -0.3 is 10.1 Å². The zero-order valence-corrected chi connectivity index (χ0v) is 14.2. The van der Waals surface area contributed by atoms with Crippen LogP contribution in [0, 0.1) is 0 Å². The minimum atomic E-state index is -4.01. The number of anilines is 1. The molecule has 2 amide bonds. The van der Waals surface area contributed by atoms with Gasteiger partial charge in [-0.05, 0) is 48.0 Å². The molecule has 0 spiro atoms. The molecule has 130 valence electrons. The molecule has 1 aliphatic heterocycles. The highest BCUT2D eigenvalue weighted by Gasteiger charge is 2.21. The normalized spacial score (nSPS) is 12.8. The Labute approximate surface area is 145 Å². The number of amides is 2. The summed E-state index contributed by atoms with van der Waals surface area (Å²) in [7, 11) is -4.01. The van der Waals surface area contributed by atoms with Crippen LogP contribution in [0.5, 0.6) is 5.75 Å². The van der Waals surface area contributed by atoms with Crippen LogP contribution in [0.3, 0.4) is 0 Å². The van der Waals surface area contributed by atoms with Gasteiger partial charge in [-0.2, -0.15) is 0 Å². The average molecular weight is 360 g/mol. The molecule has 1 aliphatic rings. The van der Waals surface area contributed by atoms with Crippen molar-refractivity contribution in [2.24, 2.45) is 0 Å². The lowest BCUT2D eigenvalue weighted by molar-refractivity contribution is -0.114. The van der Waals surface area contributed by atoms with E-state index in [0.717, 1.165) is 5.56 Å². The van der Waals surface area contributed by atoms with Gasteiger partial charge in [-0.3, -0.25) is 9.59 Å². The SMILES string of the molecule is CC(=O)Nc1ccc(S(=O)(=O)NC(=O)c2ccc3c(c2)CCO3)cc1. The molecule has 7 nitrogen and oxygen atoms in total. The van der Waals surface area contributed by atoms with Crippen LogP contribution in [-0.4, -0.2) is 26.8 Å². The maximum absolute atomic E-state index is 12.3. The van der Waals surface area contributed by atoms with Crippen LogP contribution in [0.1, 0.15) is 22.8 Å². The summed E-state index contributed by atoms with van der Waals surface area (Å²) < 4.78 is 32.1. The number of ether oxygens (including phenoxy) is 1. The van der Waals surface area contributed by atoms with E-state index in [1.165, 1.54) is 37.3 Å². The molecule has 1 heterocycles. The van der Waals surface area contributed by atoms with Gasteiger partial charge in [-0.1, -0.05) is 0 Å². The van der Waals surface area contributed by atoms with Gasteiger partial charge in [0.1, 0.15) is 5.75 Å². The van der Waals surface area contributed by atoms with E-state index >= 15 is 0 Å². The molecule has 8 heteroatoms. The molecule has 0 atom stereocenters. The highest BCUT2D eigenvalue weighted by molar-refractivity contribution is 7.90. The summed E-state index contributed by atoms with van der Waals surface area (Å²) in [6, 6.07) is 10.4. The van der Waals surface area contributed by atoms with Gasteiger partial charge in [0.05, 0.1) is 11.5 Å². The average Bonchev–Trinajstić information content (AvgIpc) is 3.02. The first-order chi connectivity index (χ1) is 11.8. The minimum absolute atomic E-state index is 0.0700. The number of hydrogen-bond acceptors (Lipinski definition) is 5. The number of hydrogen-bond donors (Lipinski definition) is 2. The molecule has 0 saturated carbocycles. The number of benzene rings is 2. The van der Waals surface area contributed by atoms with Crippen LogP contribution in [0.4, 0.5) is 5.69 Å². The highest BCUT2D eigenvalue weighted by Crippen LogP contribution is 2.26. The Bertz CT molecular complexity index is 936. The maximum Gasteiger partial charge on any atom is 0.265 e. The van der Waals surface area contributed by atoms with E-state index in [-0.39, 0.29) is 16.4 Å². The molecule has 2 aromatic rings. The standard InChI is InChI=1S/C17H16N2O5S/c1-11(20)18-14-3-5-15(6-4-14)25(22,23)19-17(21)13-2-7-16-12(10-13)8-9-24-16/h2-7,10H,8-9H2,1H3,(H,18,20)(H,19,21). The summed E-state index contributed by atoms with van der Waals surface area (Å²) in [5, 5.41) is 2.54. The number of carbonyl (C=O) groups is 2. The van der Waals surface area contributed by atoms with E-state index < -0.39 is 15.9 Å². The molecular formula is C17H16N2O5S. The molecule has 0 radical (unpaired) electrons. The summed E-state index contributed by atoms with van der Waals surface area (Å²) in [6.45, 7) is 1.91. The van der Waals surface area contributed by atoms with Crippen molar-refractivity contribution in [1.29, 1.82) is 0 Å². The van der Waals surface area contributed by atoms with Crippen LogP contribution >= 0.6 is 0 Å². The molecule has 0 unspecified atom stereocenters. The first kappa shape index (κ1) is 17.0. The molecular weight excluding hydrogens is 344 g/mol. The van der Waals surface area contributed by atoms with Crippen molar-refractivity contribution in [1.82, 2.24) is 4.72 Å². The predicted octanol–water partition coefficient (Wildman–Crippen LogP) is 1.70. The highest BCUT2D eigenvalue weighted by atomic mass is 32.2. The van der Waals surface area contributed by atoms with Gasteiger partial charge in [0.25, 0.3) is 15.9 Å². The van der Waals surface area contributed by atoms with E-state index in [1.807, 2.05) is 4.72 Å². The second-order valence-electron chi connectivity index (χ2n) is 5.56. The van der Waals surface area contributed by atoms with Crippen molar-refractivity contribution in [3.8, 4) is 5.75 Å². The Morgan fingerprint density at radius 1 is 1.08 bits per heavy atom. The van der Waals surface area contributed by atoms with Crippen LogP contribution in [0.2, 0.25) is 0 Å². The lowest BCUT2D eigenvalue weighted by Crippen LogP contribution is -2.30. The van der Waals surface area contributed by atoms with Crippen molar-refractivity contribution in [3.05, 3.63) is 53.6 Å². The molecule has 2 N–H and O–H groups in total. The van der Waals surface area contributed by atoms with Gasteiger partial charge in [0, 0.05) is 24.6 Å². The Hall–Kier alpha value is -2.87. The number of nitrogens with one attached hydrogen (secondary N) is 2. The van der Waals surface area contributed by atoms with Crippen molar-refractivity contribution in [2.75, 3.05) is 11.9 Å². The molecule has 3 rings (SSSR count). The first-order valence-corrected chi connectivity index (χ1v) is 9.04. The largest absolute Gasteiger partial charge is 0.493 e. The van der Waals surface area contributed by atoms with Gasteiger partial charge >= 0.3 is 0 Å². The second-order valence-corrected chi connectivity index (χ2v) is 7.24. The molecule has 0 fully saturated rings. The quantitative estimate of drug-likeness (QED) is 0.864. The lowest BCUT2D eigenvalue weighted by atomic mass is 10.1. The summed E-state index contributed by atoms with van der Waals surface area (Å²) in [5.74, 6) is -0.252. The first-order valence-electron chi connectivity index (χ1n) is 7.56. The van der Waals surface area contributed by atoms with Crippen LogP contribution < -0.4 is 14.8 Å². The number of sulfonamides is 1. The summed E-state index contributed by atoms with van der Waals surface area (Å²) in [5.41, 5.74) is 1.60. The fourth-order valence-electron chi connectivity index (χ4n) is 2.49. The molecule has 0 aromatic heterocycles. The number of fused-ring (bicyclic) bond motifs is 1. The number of carbonyl (C=O) groups excluding carboxylic acids is 2. The lowest BCUT2D eigenvalue weighted by Gasteiger charge is -2.09. The van der Waals surface area contributed by atoms with Crippen LogP contribution in [-0.2, 0) is 21.2 Å². The Balaban J connectivity index is 1.76. The molecule has 0 bridgehead atoms. The van der Waals surface area contributed by atoms with Crippen LogP contribution in [0.25, 0.3) is 0 Å². The van der Waals surface area contributed by atoms with Crippen molar-refractivity contribution >= 4 is 27.5 Å². The summed E-state index contributed by atoms with van der Waals surface area (Å²) >= 11 is 0. The van der Waals surface area contributed by atoms with E-state index in [4.69, 9.17) is 4.74 Å². The summed E-state index contributed by atoms with van der Waals surface area (Å²) in [6.07, 6.45) is 0.688. The van der Waals surface area contributed by atoms with Crippen molar-refractivity contribution < 1.29 is 22.7 Å². The fourth-order valence-corrected chi connectivity index (χ4v) is 3.46. The molecule has 25 heavy (non-hydrogen) atoms. The third-order valence-electron chi connectivity index (χ3n) is 3.66. The smallest absolute Gasteiger partial charge is 0.265 e. The zero-order chi connectivity index (χ0) is 18.0. The number of rotatable bonds is 4. The van der Waals surface area contributed by atoms with Gasteiger partial charge in [-0.15, -0.1) is 0 Å². The van der Waals surface area contributed by atoms with Gasteiger partial charge in [0.2, 0.25) is 5.91 Å².